The number of nitrogens with zero attached hydrogens (tertiary/aromatic N) is 3. The number of likely N-dealkylation sites (tertiary alicyclic amines) is 1. The molecule has 6 rings (SSSR count). The van der Waals surface area contributed by atoms with Gasteiger partial charge < -0.3 is 14.2 Å². The summed E-state index contributed by atoms with van der Waals surface area (Å²) in [6.45, 7) is 2.04. The molecule has 0 radical (unpaired) electrons. The zero-order chi connectivity index (χ0) is 27.1. The Bertz CT molecular complexity index is 1490. The average molecular weight is 527 g/mol. The molecule has 200 valence electrons. The molecule has 2 aromatic carbocycles. The summed E-state index contributed by atoms with van der Waals surface area (Å²) in [6.07, 6.45) is 1.08. The summed E-state index contributed by atoms with van der Waals surface area (Å²) in [5.74, 6) is -0.106. The first-order chi connectivity index (χ1) is 18.9. The van der Waals surface area contributed by atoms with E-state index in [1.165, 1.54) is 0 Å². The molecule has 0 unspecified atom stereocenters. The number of imide groups is 2. The van der Waals surface area contributed by atoms with Crippen LogP contribution in [0.1, 0.15) is 23.6 Å². The van der Waals surface area contributed by atoms with E-state index >= 15 is 0 Å². The van der Waals surface area contributed by atoms with E-state index in [1.807, 2.05) is 22.8 Å². The van der Waals surface area contributed by atoms with Crippen LogP contribution in [0.15, 0.2) is 77.6 Å². The minimum absolute atomic E-state index is 0.00507. The van der Waals surface area contributed by atoms with Gasteiger partial charge in [0.2, 0.25) is 5.91 Å². The molecule has 3 aromatic rings. The van der Waals surface area contributed by atoms with Gasteiger partial charge in [0, 0.05) is 43.9 Å². The van der Waals surface area contributed by atoms with Crippen molar-refractivity contribution in [3.63, 3.8) is 0 Å². The van der Waals surface area contributed by atoms with E-state index in [0.29, 0.717) is 31.1 Å². The van der Waals surface area contributed by atoms with Crippen molar-refractivity contribution >= 4 is 23.5 Å². The standard InChI is InChI=1S/C30H30N4O5/c1-39-24-12-10-20(11-13-24)15-30(27(36)31-29(38)34(28(30)37)23-6-3-2-4-7-23)19-32-16-21-14-22(18-32)25-8-5-9-26(35)33(25)17-21/h2-13,21-22H,14-19H2,1H3,(H,31,36,38)/t21-,22-,30-/m0/s1. The molecule has 3 aliphatic rings. The van der Waals surface area contributed by atoms with Crippen molar-refractivity contribution in [2.75, 3.05) is 31.6 Å². The monoisotopic (exact) mass is 526 g/mol. The summed E-state index contributed by atoms with van der Waals surface area (Å²) in [6, 6.07) is 20.6. The topological polar surface area (TPSA) is 101 Å². The molecule has 9 nitrogen and oxygen atoms in total. The number of hydrogen-bond acceptors (Lipinski definition) is 6. The number of pyridine rings is 1. The minimum Gasteiger partial charge on any atom is -0.497 e. The molecule has 9 heteroatoms. The van der Waals surface area contributed by atoms with E-state index in [1.54, 1.807) is 61.7 Å². The Hall–Kier alpha value is -4.24. The molecule has 39 heavy (non-hydrogen) atoms. The van der Waals surface area contributed by atoms with E-state index < -0.39 is 23.3 Å². The summed E-state index contributed by atoms with van der Waals surface area (Å²) >= 11 is 0. The molecule has 4 heterocycles. The summed E-state index contributed by atoms with van der Waals surface area (Å²) in [5.41, 5.74) is 0.671. The number of rotatable bonds is 6. The molecule has 0 saturated carbocycles. The third-order valence-corrected chi connectivity index (χ3v) is 8.20. The first-order valence-corrected chi connectivity index (χ1v) is 13.2. The second-order valence-corrected chi connectivity index (χ2v) is 10.7. The van der Waals surface area contributed by atoms with Gasteiger partial charge >= 0.3 is 6.03 Å². The highest BCUT2D eigenvalue weighted by Crippen LogP contribution is 2.39. The Balaban J connectivity index is 1.37. The van der Waals surface area contributed by atoms with Crippen molar-refractivity contribution < 1.29 is 19.1 Å². The Morgan fingerprint density at radius 2 is 1.67 bits per heavy atom. The maximum absolute atomic E-state index is 14.3. The zero-order valence-electron chi connectivity index (χ0n) is 21.7. The highest BCUT2D eigenvalue weighted by Gasteiger charge is 2.55. The number of methoxy groups -OCH3 is 1. The number of carbonyl (C=O) groups excluding carboxylic acids is 3. The van der Waals surface area contributed by atoms with Crippen molar-refractivity contribution in [1.29, 1.82) is 0 Å². The molecule has 3 aliphatic heterocycles. The normalized spacial score (nSPS) is 24.7. The smallest absolute Gasteiger partial charge is 0.335 e. The first-order valence-electron chi connectivity index (χ1n) is 13.2. The maximum atomic E-state index is 14.3. The predicted molar refractivity (Wildman–Crippen MR) is 145 cm³/mol. The Labute approximate surface area is 226 Å². The number of hydrogen-bond donors (Lipinski definition) is 1. The molecule has 2 bridgehead atoms. The molecule has 0 aliphatic carbocycles. The lowest BCUT2D eigenvalue weighted by molar-refractivity contribution is -0.144. The number of para-hydroxylation sites is 1. The van der Waals surface area contributed by atoms with Crippen LogP contribution in [0.2, 0.25) is 0 Å². The van der Waals surface area contributed by atoms with Gasteiger partial charge in [-0.25, -0.2) is 9.69 Å². The summed E-state index contributed by atoms with van der Waals surface area (Å²) in [7, 11) is 1.58. The Morgan fingerprint density at radius 1 is 0.897 bits per heavy atom. The van der Waals surface area contributed by atoms with Gasteiger partial charge in [0.25, 0.3) is 11.5 Å². The molecule has 0 spiro atoms. The number of piperidine rings is 1. The number of ether oxygens (including phenoxy) is 1. The largest absolute Gasteiger partial charge is 0.497 e. The average Bonchev–Trinajstić information content (AvgIpc) is 2.93. The van der Waals surface area contributed by atoms with Crippen LogP contribution in [0.5, 0.6) is 5.75 Å². The zero-order valence-corrected chi connectivity index (χ0v) is 21.7. The van der Waals surface area contributed by atoms with Crippen LogP contribution in [-0.4, -0.2) is 54.1 Å². The number of nitrogens with one attached hydrogen (secondary N) is 1. The van der Waals surface area contributed by atoms with E-state index in [2.05, 4.69) is 10.2 Å². The third kappa shape index (κ3) is 4.42. The second-order valence-electron chi connectivity index (χ2n) is 10.7. The molecule has 1 N–H and O–H groups in total. The Morgan fingerprint density at radius 3 is 2.41 bits per heavy atom. The molecule has 1 aromatic heterocycles. The molecular formula is C30H30N4O5. The van der Waals surface area contributed by atoms with E-state index in [0.717, 1.165) is 22.6 Å². The molecule has 2 fully saturated rings. The lowest BCUT2D eigenvalue weighted by Gasteiger charge is -2.47. The first kappa shape index (κ1) is 25.1. The summed E-state index contributed by atoms with van der Waals surface area (Å²) < 4.78 is 7.14. The SMILES string of the molecule is COc1ccc(C[C@]2(CN3C[C@@H]4C[C@@H](C3)c3cccc(=O)n3C4)C(=O)NC(=O)N(c3ccccc3)C2=O)cc1. The van der Waals surface area contributed by atoms with Gasteiger partial charge in [-0.2, -0.15) is 0 Å². The second kappa shape index (κ2) is 9.81. The van der Waals surface area contributed by atoms with Crippen molar-refractivity contribution in [2.45, 2.75) is 25.3 Å². The van der Waals surface area contributed by atoms with Crippen LogP contribution in [0.25, 0.3) is 0 Å². The fourth-order valence-corrected chi connectivity index (χ4v) is 6.44. The summed E-state index contributed by atoms with van der Waals surface area (Å²) in [4.78, 5) is 56.7. The van der Waals surface area contributed by atoms with Crippen molar-refractivity contribution in [3.05, 3.63) is 94.4 Å². The molecule has 3 atom stereocenters. The molecule has 4 amide bonds. The third-order valence-electron chi connectivity index (χ3n) is 8.20. The van der Waals surface area contributed by atoms with E-state index in [9.17, 15) is 19.2 Å². The highest BCUT2D eigenvalue weighted by molar-refractivity contribution is 6.30. The van der Waals surface area contributed by atoms with Crippen molar-refractivity contribution in [2.24, 2.45) is 11.3 Å². The van der Waals surface area contributed by atoms with Gasteiger partial charge in [0.1, 0.15) is 11.2 Å². The van der Waals surface area contributed by atoms with Gasteiger partial charge in [-0.3, -0.25) is 19.7 Å². The number of aromatic nitrogens is 1. The fraction of sp³-hybridized carbons (Fsp3) is 0.333. The van der Waals surface area contributed by atoms with Crippen LogP contribution < -0.4 is 20.5 Å². The molecular weight excluding hydrogens is 496 g/mol. The van der Waals surface area contributed by atoms with Crippen LogP contribution in [-0.2, 0) is 22.6 Å². The van der Waals surface area contributed by atoms with Crippen LogP contribution in [0, 0.1) is 11.3 Å². The quantitative estimate of drug-likeness (QED) is 0.496. The number of urea groups is 1. The lowest BCUT2D eigenvalue weighted by Crippen LogP contribution is -2.68. The van der Waals surface area contributed by atoms with Gasteiger partial charge in [-0.05, 0) is 54.7 Å². The number of anilines is 1. The lowest BCUT2D eigenvalue weighted by atomic mass is 9.75. The number of fused-ring (bicyclic) bond motifs is 4. The number of barbiturate groups is 1. The van der Waals surface area contributed by atoms with Crippen LogP contribution in [0.3, 0.4) is 0 Å². The number of amides is 4. The van der Waals surface area contributed by atoms with Crippen molar-refractivity contribution in [1.82, 2.24) is 14.8 Å². The maximum Gasteiger partial charge on any atom is 0.335 e. The van der Waals surface area contributed by atoms with Gasteiger partial charge in [-0.15, -0.1) is 0 Å². The predicted octanol–water partition coefficient (Wildman–Crippen LogP) is 2.79. The fourth-order valence-electron chi connectivity index (χ4n) is 6.44. The van der Waals surface area contributed by atoms with E-state index in [-0.39, 0.29) is 30.4 Å². The van der Waals surface area contributed by atoms with E-state index in [4.69, 9.17) is 4.74 Å². The van der Waals surface area contributed by atoms with Gasteiger partial charge in [0.15, 0.2) is 0 Å². The highest BCUT2D eigenvalue weighted by atomic mass is 16.5. The Kier molecular flexibility index (Phi) is 6.31. The number of benzene rings is 2. The van der Waals surface area contributed by atoms with Gasteiger partial charge in [0.05, 0.1) is 12.8 Å². The minimum atomic E-state index is -1.53. The molecule has 2 saturated heterocycles. The van der Waals surface area contributed by atoms with Crippen LogP contribution >= 0.6 is 0 Å². The van der Waals surface area contributed by atoms with Gasteiger partial charge in [-0.1, -0.05) is 36.4 Å². The summed E-state index contributed by atoms with van der Waals surface area (Å²) in [5, 5.41) is 2.49. The van der Waals surface area contributed by atoms with Crippen LogP contribution in [0.4, 0.5) is 10.5 Å². The number of carbonyl (C=O) groups is 3. The van der Waals surface area contributed by atoms with Crippen molar-refractivity contribution in [3.8, 4) is 5.75 Å².